The minimum Gasteiger partial charge on any atom is -0.302 e. The molecule has 28 heavy (non-hydrogen) atoms. The maximum Gasteiger partial charge on any atom is 0.234 e. The monoisotopic (exact) mass is 435 g/mol. The third-order valence-corrected chi connectivity index (χ3v) is 7.10. The molecular formula is C21H26ClN3OS2. The fourth-order valence-corrected chi connectivity index (χ4v) is 5.54. The Morgan fingerprint density at radius 2 is 1.86 bits per heavy atom. The summed E-state index contributed by atoms with van der Waals surface area (Å²) in [6.07, 6.45) is 0.351. The van der Waals surface area contributed by atoms with Crippen molar-refractivity contribution in [1.29, 1.82) is 0 Å². The molecule has 0 atom stereocenters. The normalized spacial score (nSPS) is 11.5. The molecule has 0 aliphatic rings. The molecule has 0 saturated heterocycles. The fourth-order valence-electron chi connectivity index (χ4n) is 3.27. The number of thiophene rings is 1. The van der Waals surface area contributed by atoms with Gasteiger partial charge in [0.05, 0.1) is 21.0 Å². The molecule has 0 fully saturated rings. The lowest BCUT2D eigenvalue weighted by molar-refractivity contribution is -0.118. The Hall–Kier alpha value is -1.47. The summed E-state index contributed by atoms with van der Waals surface area (Å²) in [5, 5.41) is 0.781. The van der Waals surface area contributed by atoms with Crippen molar-refractivity contribution in [2.75, 3.05) is 31.1 Å². The second kappa shape index (κ2) is 9.35. The summed E-state index contributed by atoms with van der Waals surface area (Å²) < 4.78 is 1.84. The van der Waals surface area contributed by atoms with Crippen molar-refractivity contribution in [2.45, 2.75) is 34.1 Å². The van der Waals surface area contributed by atoms with Gasteiger partial charge in [-0.2, -0.15) is 0 Å². The fraction of sp³-hybridized carbons (Fsp3) is 0.429. The van der Waals surface area contributed by atoms with E-state index in [1.54, 1.807) is 11.3 Å². The van der Waals surface area contributed by atoms with Gasteiger partial charge in [0.2, 0.25) is 5.91 Å². The summed E-state index contributed by atoms with van der Waals surface area (Å²) in [6, 6.07) is 8.06. The van der Waals surface area contributed by atoms with E-state index in [4.69, 9.17) is 16.6 Å². The van der Waals surface area contributed by atoms with Crippen LogP contribution in [0.5, 0.6) is 0 Å². The first kappa shape index (κ1) is 21.2. The standard InChI is InChI=1S/C21H26ClN3OS2/c1-5-24(6-2)9-10-25(19(26)13-16-7-8-18(22)27-16)21-23-20-15(4)11-14(3)12-17(20)28-21/h7-8,11-12H,5-6,9-10,13H2,1-4H3. The molecule has 0 N–H and O–H groups in total. The summed E-state index contributed by atoms with van der Waals surface area (Å²) in [5.41, 5.74) is 3.36. The van der Waals surface area contributed by atoms with Crippen LogP contribution in [0, 0.1) is 13.8 Å². The lowest BCUT2D eigenvalue weighted by Crippen LogP contribution is -2.39. The first-order chi connectivity index (χ1) is 13.4. The molecule has 0 spiro atoms. The van der Waals surface area contributed by atoms with Crippen molar-refractivity contribution in [3.05, 3.63) is 44.6 Å². The number of rotatable bonds is 8. The number of carbonyl (C=O) groups excluding carboxylic acids is 1. The Morgan fingerprint density at radius 1 is 1.11 bits per heavy atom. The summed E-state index contributed by atoms with van der Waals surface area (Å²) in [4.78, 5) is 23.2. The average Bonchev–Trinajstić information content (AvgIpc) is 3.25. The molecule has 0 aliphatic carbocycles. The Labute approximate surface area is 179 Å². The number of fused-ring (bicyclic) bond motifs is 1. The summed E-state index contributed by atoms with van der Waals surface area (Å²) in [7, 11) is 0. The van der Waals surface area contributed by atoms with Crippen molar-refractivity contribution in [2.24, 2.45) is 0 Å². The molecule has 0 bridgehead atoms. The number of likely N-dealkylation sites (N-methyl/N-ethyl adjacent to an activating group) is 1. The van der Waals surface area contributed by atoms with E-state index in [0.717, 1.165) is 45.4 Å². The van der Waals surface area contributed by atoms with E-state index in [0.29, 0.717) is 17.3 Å². The van der Waals surface area contributed by atoms with E-state index in [9.17, 15) is 4.79 Å². The third kappa shape index (κ3) is 4.92. The van der Waals surface area contributed by atoms with E-state index in [-0.39, 0.29) is 5.91 Å². The van der Waals surface area contributed by atoms with Gasteiger partial charge in [-0.05, 0) is 56.3 Å². The number of hydrogen-bond acceptors (Lipinski definition) is 5. The first-order valence-electron chi connectivity index (χ1n) is 9.56. The Bertz CT molecular complexity index is 962. The molecule has 0 unspecified atom stereocenters. The highest BCUT2D eigenvalue weighted by atomic mass is 35.5. The average molecular weight is 436 g/mol. The van der Waals surface area contributed by atoms with Gasteiger partial charge in [0.15, 0.2) is 5.13 Å². The molecule has 3 rings (SSSR count). The number of carbonyl (C=O) groups is 1. The van der Waals surface area contributed by atoms with Gasteiger partial charge in [-0.3, -0.25) is 9.69 Å². The number of halogens is 1. The van der Waals surface area contributed by atoms with Gasteiger partial charge >= 0.3 is 0 Å². The molecule has 2 heterocycles. The Morgan fingerprint density at radius 3 is 2.50 bits per heavy atom. The second-order valence-corrected chi connectivity index (χ2v) is 9.69. The van der Waals surface area contributed by atoms with Crippen LogP contribution in [-0.2, 0) is 11.2 Å². The molecule has 4 nitrogen and oxygen atoms in total. The van der Waals surface area contributed by atoms with Gasteiger partial charge < -0.3 is 4.90 Å². The van der Waals surface area contributed by atoms with Crippen LogP contribution in [0.3, 0.4) is 0 Å². The number of thiazole rings is 1. The van der Waals surface area contributed by atoms with Crippen LogP contribution < -0.4 is 4.90 Å². The summed E-state index contributed by atoms with van der Waals surface area (Å²) in [6.45, 7) is 11.9. The number of benzene rings is 1. The van der Waals surface area contributed by atoms with E-state index in [1.165, 1.54) is 16.9 Å². The van der Waals surface area contributed by atoms with Crippen LogP contribution in [-0.4, -0.2) is 42.0 Å². The minimum absolute atomic E-state index is 0.0686. The van der Waals surface area contributed by atoms with Crippen molar-refractivity contribution in [1.82, 2.24) is 9.88 Å². The van der Waals surface area contributed by atoms with Crippen molar-refractivity contribution in [3.63, 3.8) is 0 Å². The molecule has 0 aliphatic heterocycles. The molecule has 150 valence electrons. The highest BCUT2D eigenvalue weighted by molar-refractivity contribution is 7.22. The first-order valence-corrected chi connectivity index (χ1v) is 11.6. The number of nitrogens with zero attached hydrogens (tertiary/aromatic N) is 3. The van der Waals surface area contributed by atoms with E-state index in [1.807, 2.05) is 17.0 Å². The maximum atomic E-state index is 13.2. The van der Waals surface area contributed by atoms with Crippen LogP contribution in [0.15, 0.2) is 24.3 Å². The van der Waals surface area contributed by atoms with Crippen molar-refractivity contribution >= 4 is 55.5 Å². The zero-order valence-electron chi connectivity index (χ0n) is 16.8. The topological polar surface area (TPSA) is 36.4 Å². The lowest BCUT2D eigenvalue weighted by atomic mass is 10.1. The highest BCUT2D eigenvalue weighted by Gasteiger charge is 2.22. The number of amides is 1. The van der Waals surface area contributed by atoms with Gasteiger partial charge in [0.1, 0.15) is 0 Å². The zero-order chi connectivity index (χ0) is 20.3. The number of aromatic nitrogens is 1. The Balaban J connectivity index is 1.90. The molecule has 2 aromatic heterocycles. The van der Waals surface area contributed by atoms with Crippen LogP contribution in [0.4, 0.5) is 5.13 Å². The smallest absolute Gasteiger partial charge is 0.234 e. The maximum absolute atomic E-state index is 13.2. The van der Waals surface area contributed by atoms with Gasteiger partial charge in [-0.15, -0.1) is 11.3 Å². The van der Waals surface area contributed by atoms with E-state index >= 15 is 0 Å². The van der Waals surface area contributed by atoms with Gasteiger partial charge in [-0.1, -0.05) is 42.9 Å². The van der Waals surface area contributed by atoms with Crippen molar-refractivity contribution < 1.29 is 4.79 Å². The van der Waals surface area contributed by atoms with Gasteiger partial charge in [0.25, 0.3) is 0 Å². The SMILES string of the molecule is CCN(CC)CCN(C(=O)Cc1ccc(Cl)s1)c1nc2c(C)cc(C)cc2s1. The lowest BCUT2D eigenvalue weighted by Gasteiger charge is -2.24. The van der Waals surface area contributed by atoms with Crippen molar-refractivity contribution in [3.8, 4) is 0 Å². The summed E-state index contributed by atoms with van der Waals surface area (Å²) in [5.74, 6) is 0.0686. The molecule has 1 aromatic carbocycles. The minimum atomic E-state index is 0.0686. The Kier molecular flexibility index (Phi) is 7.10. The number of hydrogen-bond donors (Lipinski definition) is 0. The molecule has 0 saturated carbocycles. The highest BCUT2D eigenvalue weighted by Crippen LogP contribution is 2.32. The quantitative estimate of drug-likeness (QED) is 0.465. The van der Waals surface area contributed by atoms with E-state index in [2.05, 4.69) is 44.7 Å². The second-order valence-electron chi connectivity index (χ2n) is 6.88. The molecule has 3 aromatic rings. The molecular weight excluding hydrogens is 410 g/mol. The van der Waals surface area contributed by atoms with Gasteiger partial charge in [-0.25, -0.2) is 4.98 Å². The molecule has 7 heteroatoms. The summed E-state index contributed by atoms with van der Waals surface area (Å²) >= 11 is 9.10. The van der Waals surface area contributed by atoms with Crippen LogP contribution in [0.1, 0.15) is 29.9 Å². The van der Waals surface area contributed by atoms with Crippen LogP contribution in [0.25, 0.3) is 10.2 Å². The third-order valence-electron chi connectivity index (χ3n) is 4.84. The van der Waals surface area contributed by atoms with Gasteiger partial charge in [0, 0.05) is 18.0 Å². The number of anilines is 1. The largest absolute Gasteiger partial charge is 0.302 e. The number of aryl methyl sites for hydroxylation is 2. The predicted octanol–water partition coefficient (Wildman–Crippen LogP) is 5.55. The van der Waals surface area contributed by atoms with Crippen LogP contribution in [0.2, 0.25) is 4.34 Å². The molecule has 1 amide bonds. The zero-order valence-corrected chi connectivity index (χ0v) is 19.2. The predicted molar refractivity (Wildman–Crippen MR) is 122 cm³/mol. The van der Waals surface area contributed by atoms with Crippen LogP contribution >= 0.6 is 34.3 Å². The molecule has 0 radical (unpaired) electrons. The van der Waals surface area contributed by atoms with E-state index < -0.39 is 0 Å².